The Morgan fingerprint density at radius 1 is 1.19 bits per heavy atom. The Morgan fingerprint density at radius 2 is 1.91 bits per heavy atom. The minimum Gasteiger partial charge on any atom is -0.477 e. The van der Waals surface area contributed by atoms with E-state index in [1.807, 2.05) is 11.8 Å². The van der Waals surface area contributed by atoms with E-state index in [-0.39, 0.29) is 28.5 Å². The molecule has 2 saturated heterocycles. The predicted octanol–water partition coefficient (Wildman–Crippen LogP) is 2.51. The molecule has 5 rings (SSSR count). The summed E-state index contributed by atoms with van der Waals surface area (Å²) in [6.45, 7) is 6.69. The first-order valence-corrected chi connectivity index (χ1v) is 11.3. The van der Waals surface area contributed by atoms with E-state index >= 15 is 4.39 Å². The molecule has 11 heteroatoms. The van der Waals surface area contributed by atoms with Gasteiger partial charge in [-0.05, 0) is 26.0 Å². The van der Waals surface area contributed by atoms with Gasteiger partial charge in [-0.1, -0.05) is 11.8 Å². The average Bonchev–Trinajstić information content (AvgIpc) is 3.05. The Morgan fingerprint density at radius 3 is 2.50 bits per heavy atom. The lowest BCUT2D eigenvalue weighted by Gasteiger charge is -2.37. The topological polar surface area (TPSA) is 101 Å². The fraction of sp³-hybridized carbons (Fsp3) is 0.476. The Kier molecular flexibility index (Phi) is 5.05. The van der Waals surface area contributed by atoms with Gasteiger partial charge in [0.1, 0.15) is 17.5 Å². The van der Waals surface area contributed by atoms with Crippen molar-refractivity contribution in [3.63, 3.8) is 0 Å². The Bertz CT molecular complexity index is 1190. The standard InChI is InChI=1S/C21H22FN3O6S/c1-10-16(31-21(29)30-10)9-23-3-5-24(6-4-23)15-8-14-12(7-13(15)22)18(26)17(20(27)28)19-25(14)11(2)32-19/h7-8,10-11,16H,3-6,9H2,1-2H3,(H,27,28). The van der Waals surface area contributed by atoms with Crippen molar-refractivity contribution in [2.24, 2.45) is 0 Å². The molecule has 3 aliphatic heterocycles. The van der Waals surface area contributed by atoms with Crippen LogP contribution < -0.4 is 10.3 Å². The summed E-state index contributed by atoms with van der Waals surface area (Å²) in [7, 11) is 0. The molecule has 3 aliphatic rings. The molecule has 3 unspecified atom stereocenters. The number of carbonyl (C=O) groups is 2. The zero-order valence-electron chi connectivity index (χ0n) is 17.5. The average molecular weight is 463 g/mol. The number of nitrogens with zero attached hydrogens (tertiary/aromatic N) is 3. The van der Waals surface area contributed by atoms with E-state index in [9.17, 15) is 19.5 Å². The SMILES string of the molecule is CC1OC(=O)OC1CN1CCN(c2cc3c(cc2F)c(=O)c(C(=O)O)c2n3C(C)S2)CC1. The van der Waals surface area contributed by atoms with Gasteiger partial charge in [0.25, 0.3) is 0 Å². The summed E-state index contributed by atoms with van der Waals surface area (Å²) in [5, 5.41) is 9.91. The fourth-order valence-electron chi connectivity index (χ4n) is 4.55. The summed E-state index contributed by atoms with van der Waals surface area (Å²) < 4.78 is 27.0. The molecule has 0 radical (unpaired) electrons. The van der Waals surface area contributed by atoms with Crippen LogP contribution in [0.4, 0.5) is 14.9 Å². The third-order valence-corrected chi connectivity index (χ3v) is 7.47. The first kappa shape index (κ1) is 21.1. The van der Waals surface area contributed by atoms with Crippen molar-refractivity contribution >= 4 is 40.5 Å². The number of benzene rings is 1. The summed E-state index contributed by atoms with van der Waals surface area (Å²) in [6, 6.07) is 2.81. The Hall–Kier alpha value is -2.79. The van der Waals surface area contributed by atoms with Crippen molar-refractivity contribution < 1.29 is 28.6 Å². The normalized spacial score (nSPS) is 25.3. The summed E-state index contributed by atoms with van der Waals surface area (Å²) in [5.41, 5.74) is -0.0191. The number of aromatic carboxylic acids is 1. The van der Waals surface area contributed by atoms with Crippen molar-refractivity contribution in [3.8, 4) is 0 Å². The number of aromatic nitrogens is 1. The number of halogens is 1. The van der Waals surface area contributed by atoms with Crippen LogP contribution in [0.25, 0.3) is 10.9 Å². The van der Waals surface area contributed by atoms with E-state index in [1.165, 1.54) is 11.8 Å². The quantitative estimate of drug-likeness (QED) is 0.686. The van der Waals surface area contributed by atoms with Crippen LogP contribution in [0.5, 0.6) is 0 Å². The summed E-state index contributed by atoms with van der Waals surface area (Å²) in [4.78, 5) is 39.7. The highest BCUT2D eigenvalue weighted by Crippen LogP contribution is 2.46. The molecule has 170 valence electrons. The maximum atomic E-state index is 15.1. The summed E-state index contributed by atoms with van der Waals surface area (Å²) in [5.74, 6) is -1.85. The van der Waals surface area contributed by atoms with Crippen LogP contribution in [0, 0.1) is 5.82 Å². The van der Waals surface area contributed by atoms with Crippen LogP contribution in [0.2, 0.25) is 0 Å². The van der Waals surface area contributed by atoms with Crippen molar-refractivity contribution in [2.75, 3.05) is 37.6 Å². The number of hydrogen-bond donors (Lipinski definition) is 1. The van der Waals surface area contributed by atoms with Gasteiger partial charge in [0.05, 0.1) is 21.6 Å². The van der Waals surface area contributed by atoms with Crippen molar-refractivity contribution in [1.29, 1.82) is 0 Å². The van der Waals surface area contributed by atoms with Gasteiger partial charge in [-0.2, -0.15) is 0 Å². The molecule has 9 nitrogen and oxygen atoms in total. The second-order valence-electron chi connectivity index (χ2n) is 8.24. The largest absolute Gasteiger partial charge is 0.509 e. The number of pyridine rings is 1. The molecular formula is C21H22FN3O6S. The van der Waals surface area contributed by atoms with Gasteiger partial charge in [0.15, 0.2) is 6.10 Å². The van der Waals surface area contributed by atoms with Crippen LogP contribution in [-0.4, -0.2) is 71.6 Å². The molecular weight excluding hydrogens is 441 g/mol. The molecule has 32 heavy (non-hydrogen) atoms. The number of carboxylic acids is 1. The van der Waals surface area contributed by atoms with E-state index in [0.29, 0.717) is 49.0 Å². The van der Waals surface area contributed by atoms with Crippen LogP contribution in [0.3, 0.4) is 0 Å². The number of rotatable bonds is 4. The molecule has 1 aromatic heterocycles. The number of ether oxygens (including phenoxy) is 2. The summed E-state index contributed by atoms with van der Waals surface area (Å²) >= 11 is 1.32. The smallest absolute Gasteiger partial charge is 0.477 e. The third kappa shape index (κ3) is 3.30. The molecule has 2 fully saturated rings. The maximum absolute atomic E-state index is 15.1. The number of fused-ring (bicyclic) bond motifs is 3. The maximum Gasteiger partial charge on any atom is 0.509 e. The number of anilines is 1. The zero-order valence-corrected chi connectivity index (χ0v) is 18.4. The van der Waals surface area contributed by atoms with Gasteiger partial charge < -0.3 is 24.0 Å². The monoisotopic (exact) mass is 463 g/mol. The van der Waals surface area contributed by atoms with Gasteiger partial charge in [0, 0.05) is 38.1 Å². The molecule has 0 aliphatic carbocycles. The highest BCUT2D eigenvalue weighted by molar-refractivity contribution is 8.00. The highest BCUT2D eigenvalue weighted by Gasteiger charge is 2.36. The second kappa shape index (κ2) is 7.66. The van der Waals surface area contributed by atoms with E-state index in [1.54, 1.807) is 17.6 Å². The number of piperazine rings is 1. The van der Waals surface area contributed by atoms with Crippen LogP contribution in [0.1, 0.15) is 29.6 Å². The third-order valence-electron chi connectivity index (χ3n) is 6.29. The lowest BCUT2D eigenvalue weighted by Crippen LogP contribution is -2.49. The van der Waals surface area contributed by atoms with E-state index in [2.05, 4.69) is 4.90 Å². The van der Waals surface area contributed by atoms with Gasteiger partial charge in [-0.25, -0.2) is 14.0 Å². The van der Waals surface area contributed by atoms with Crippen molar-refractivity contribution in [2.45, 2.75) is 36.5 Å². The molecule has 3 atom stereocenters. The number of carboxylic acid groups (broad SMARTS) is 1. The van der Waals surface area contributed by atoms with Gasteiger partial charge >= 0.3 is 12.1 Å². The van der Waals surface area contributed by atoms with Crippen LogP contribution >= 0.6 is 11.8 Å². The Balaban J connectivity index is 1.41. The van der Waals surface area contributed by atoms with E-state index < -0.39 is 23.4 Å². The fourth-order valence-corrected chi connectivity index (χ4v) is 5.71. The predicted molar refractivity (Wildman–Crippen MR) is 115 cm³/mol. The van der Waals surface area contributed by atoms with Crippen molar-refractivity contribution in [3.05, 3.63) is 33.7 Å². The molecule has 1 N–H and O–H groups in total. The van der Waals surface area contributed by atoms with Crippen molar-refractivity contribution in [1.82, 2.24) is 9.47 Å². The number of carbonyl (C=O) groups excluding carboxylic acids is 1. The van der Waals surface area contributed by atoms with Crippen LogP contribution in [0.15, 0.2) is 22.0 Å². The lowest BCUT2D eigenvalue weighted by molar-refractivity contribution is 0.0689. The highest BCUT2D eigenvalue weighted by atomic mass is 32.2. The molecule has 0 spiro atoms. The second-order valence-corrected chi connectivity index (χ2v) is 9.54. The van der Waals surface area contributed by atoms with Crippen LogP contribution in [-0.2, 0) is 9.47 Å². The summed E-state index contributed by atoms with van der Waals surface area (Å²) in [6.07, 6.45) is -1.27. The Labute approximate surface area is 186 Å². The van der Waals surface area contributed by atoms with Gasteiger partial charge in [-0.15, -0.1) is 0 Å². The molecule has 2 aromatic rings. The van der Waals surface area contributed by atoms with E-state index in [0.717, 1.165) is 6.07 Å². The molecule has 0 saturated carbocycles. The number of hydrogen-bond acceptors (Lipinski definition) is 8. The minimum absolute atomic E-state index is 0.0420. The lowest BCUT2D eigenvalue weighted by atomic mass is 10.1. The van der Waals surface area contributed by atoms with Gasteiger partial charge in [0.2, 0.25) is 5.43 Å². The van der Waals surface area contributed by atoms with Gasteiger partial charge in [-0.3, -0.25) is 9.69 Å². The molecule has 4 heterocycles. The number of cyclic esters (lactones) is 2. The molecule has 0 bridgehead atoms. The minimum atomic E-state index is -1.30. The molecule has 1 aromatic carbocycles. The first-order chi connectivity index (χ1) is 15.2. The zero-order chi connectivity index (χ0) is 22.7. The molecule has 0 amide bonds. The number of thioether (sulfide) groups is 1. The van der Waals surface area contributed by atoms with E-state index in [4.69, 9.17) is 9.47 Å². The first-order valence-electron chi connectivity index (χ1n) is 10.4.